The SMILES string of the molecule is CCn1nc(C(=O)OC)c(C)c1N. The zero-order valence-corrected chi connectivity index (χ0v) is 8.00. The number of nitrogen functional groups attached to an aromatic ring is 1. The first kappa shape index (κ1) is 9.57. The summed E-state index contributed by atoms with van der Waals surface area (Å²) in [6, 6.07) is 0. The summed E-state index contributed by atoms with van der Waals surface area (Å²) in [4.78, 5) is 11.2. The van der Waals surface area contributed by atoms with Crippen molar-refractivity contribution in [3.63, 3.8) is 0 Å². The van der Waals surface area contributed by atoms with Gasteiger partial charge in [0.1, 0.15) is 5.82 Å². The molecule has 13 heavy (non-hydrogen) atoms. The zero-order valence-electron chi connectivity index (χ0n) is 8.00. The Kier molecular flexibility index (Phi) is 2.55. The highest BCUT2D eigenvalue weighted by atomic mass is 16.5. The Hall–Kier alpha value is -1.52. The van der Waals surface area contributed by atoms with Crippen LogP contribution in [0.25, 0.3) is 0 Å². The molecule has 0 atom stereocenters. The van der Waals surface area contributed by atoms with Gasteiger partial charge >= 0.3 is 5.97 Å². The Bertz CT molecular complexity index is 330. The van der Waals surface area contributed by atoms with Gasteiger partial charge in [0.05, 0.1) is 7.11 Å². The predicted molar refractivity (Wildman–Crippen MR) is 48.4 cm³/mol. The maximum absolute atomic E-state index is 11.2. The minimum absolute atomic E-state index is 0.293. The average Bonchev–Trinajstić information content (AvgIpc) is 2.43. The van der Waals surface area contributed by atoms with Gasteiger partial charge in [0, 0.05) is 12.1 Å². The molecule has 1 rings (SSSR count). The van der Waals surface area contributed by atoms with E-state index in [9.17, 15) is 4.79 Å². The van der Waals surface area contributed by atoms with E-state index in [1.54, 1.807) is 11.6 Å². The van der Waals surface area contributed by atoms with E-state index in [0.29, 0.717) is 23.6 Å². The Morgan fingerprint density at radius 2 is 2.31 bits per heavy atom. The second-order valence-electron chi connectivity index (χ2n) is 2.67. The largest absolute Gasteiger partial charge is 0.464 e. The van der Waals surface area contributed by atoms with Gasteiger partial charge in [-0.3, -0.25) is 0 Å². The van der Waals surface area contributed by atoms with Gasteiger partial charge in [0.15, 0.2) is 5.69 Å². The lowest BCUT2D eigenvalue weighted by atomic mass is 10.2. The fourth-order valence-electron chi connectivity index (χ4n) is 1.10. The summed E-state index contributed by atoms with van der Waals surface area (Å²) >= 11 is 0. The number of aromatic nitrogens is 2. The molecular formula is C8H13N3O2. The minimum atomic E-state index is -0.448. The van der Waals surface area contributed by atoms with Crippen molar-refractivity contribution in [2.45, 2.75) is 20.4 Å². The van der Waals surface area contributed by atoms with Crippen molar-refractivity contribution in [2.24, 2.45) is 0 Å². The molecule has 72 valence electrons. The molecule has 5 nitrogen and oxygen atoms in total. The number of ether oxygens (including phenoxy) is 1. The molecule has 1 aromatic heterocycles. The highest BCUT2D eigenvalue weighted by molar-refractivity contribution is 5.90. The number of carbonyl (C=O) groups is 1. The van der Waals surface area contributed by atoms with E-state index in [4.69, 9.17) is 5.73 Å². The molecule has 5 heteroatoms. The fourth-order valence-corrected chi connectivity index (χ4v) is 1.10. The number of methoxy groups -OCH3 is 1. The van der Waals surface area contributed by atoms with Gasteiger partial charge in [0.25, 0.3) is 0 Å². The molecule has 0 unspecified atom stereocenters. The van der Waals surface area contributed by atoms with Crippen molar-refractivity contribution < 1.29 is 9.53 Å². The van der Waals surface area contributed by atoms with Gasteiger partial charge in [-0.1, -0.05) is 0 Å². The molecule has 0 aromatic carbocycles. The average molecular weight is 183 g/mol. The zero-order chi connectivity index (χ0) is 10.0. The lowest BCUT2D eigenvalue weighted by Crippen LogP contribution is -2.05. The summed E-state index contributed by atoms with van der Waals surface area (Å²) in [7, 11) is 1.32. The molecule has 0 radical (unpaired) electrons. The van der Waals surface area contributed by atoms with Crippen LogP contribution in [0.1, 0.15) is 23.0 Å². The number of nitrogens with zero attached hydrogens (tertiary/aromatic N) is 2. The van der Waals surface area contributed by atoms with Crippen LogP contribution in [0.15, 0.2) is 0 Å². The second kappa shape index (κ2) is 3.47. The van der Waals surface area contributed by atoms with Crippen molar-refractivity contribution in [1.29, 1.82) is 0 Å². The third kappa shape index (κ3) is 1.49. The van der Waals surface area contributed by atoms with Crippen molar-refractivity contribution >= 4 is 11.8 Å². The molecule has 2 N–H and O–H groups in total. The molecule has 0 aliphatic rings. The molecule has 0 amide bonds. The Labute approximate surface area is 76.5 Å². The Balaban J connectivity index is 3.17. The highest BCUT2D eigenvalue weighted by Crippen LogP contribution is 2.15. The van der Waals surface area contributed by atoms with Crippen LogP contribution in [-0.4, -0.2) is 22.9 Å². The standard InChI is InChI=1S/C8H13N3O2/c1-4-11-7(9)5(2)6(10-11)8(12)13-3/h4,9H2,1-3H3. The predicted octanol–water partition coefficient (Wildman–Crippen LogP) is 0.580. The van der Waals surface area contributed by atoms with E-state index in [0.717, 1.165) is 0 Å². The molecule has 1 aromatic rings. The van der Waals surface area contributed by atoms with Crippen LogP contribution in [-0.2, 0) is 11.3 Å². The van der Waals surface area contributed by atoms with Crippen LogP contribution in [0, 0.1) is 6.92 Å². The van der Waals surface area contributed by atoms with E-state index in [1.807, 2.05) is 6.92 Å². The van der Waals surface area contributed by atoms with E-state index in [1.165, 1.54) is 7.11 Å². The number of carbonyl (C=O) groups excluding carboxylic acids is 1. The van der Waals surface area contributed by atoms with Crippen molar-refractivity contribution in [1.82, 2.24) is 9.78 Å². The van der Waals surface area contributed by atoms with E-state index in [-0.39, 0.29) is 0 Å². The highest BCUT2D eigenvalue weighted by Gasteiger charge is 2.17. The smallest absolute Gasteiger partial charge is 0.358 e. The lowest BCUT2D eigenvalue weighted by Gasteiger charge is -1.96. The lowest BCUT2D eigenvalue weighted by molar-refractivity contribution is 0.0592. The van der Waals surface area contributed by atoms with Crippen molar-refractivity contribution in [2.75, 3.05) is 12.8 Å². The maximum atomic E-state index is 11.2. The normalized spacial score (nSPS) is 10.1. The number of hydrogen-bond donors (Lipinski definition) is 1. The third-order valence-electron chi connectivity index (χ3n) is 1.92. The van der Waals surface area contributed by atoms with Gasteiger partial charge in [-0.25, -0.2) is 9.48 Å². The molecule has 0 saturated carbocycles. The quantitative estimate of drug-likeness (QED) is 0.681. The second-order valence-corrected chi connectivity index (χ2v) is 2.67. The summed E-state index contributed by atoms with van der Waals surface area (Å²) in [5.74, 6) is 0.0688. The molecule has 0 bridgehead atoms. The van der Waals surface area contributed by atoms with E-state index < -0.39 is 5.97 Å². The summed E-state index contributed by atoms with van der Waals surface area (Å²) in [5.41, 5.74) is 6.67. The summed E-state index contributed by atoms with van der Waals surface area (Å²) in [5, 5.41) is 4.02. The number of hydrogen-bond acceptors (Lipinski definition) is 4. The summed E-state index contributed by atoms with van der Waals surface area (Å²) < 4.78 is 6.13. The molecule has 0 aliphatic heterocycles. The Morgan fingerprint density at radius 3 is 2.69 bits per heavy atom. The number of aryl methyl sites for hydroxylation is 1. The van der Waals surface area contributed by atoms with Gasteiger partial charge in [-0.05, 0) is 13.8 Å². The van der Waals surface area contributed by atoms with Gasteiger partial charge in [0.2, 0.25) is 0 Å². The number of rotatable bonds is 2. The molecule has 1 heterocycles. The van der Waals surface area contributed by atoms with Crippen LogP contribution >= 0.6 is 0 Å². The van der Waals surface area contributed by atoms with Crippen LogP contribution in [0.4, 0.5) is 5.82 Å². The first-order chi connectivity index (χ1) is 6.11. The van der Waals surface area contributed by atoms with E-state index in [2.05, 4.69) is 9.84 Å². The molecule has 0 aliphatic carbocycles. The van der Waals surface area contributed by atoms with E-state index >= 15 is 0 Å². The summed E-state index contributed by atoms with van der Waals surface area (Å²) in [6.45, 7) is 4.30. The van der Waals surface area contributed by atoms with Crippen LogP contribution in [0.5, 0.6) is 0 Å². The van der Waals surface area contributed by atoms with Gasteiger partial charge in [-0.2, -0.15) is 5.10 Å². The molecular weight excluding hydrogens is 170 g/mol. The molecule has 0 saturated heterocycles. The third-order valence-corrected chi connectivity index (χ3v) is 1.92. The van der Waals surface area contributed by atoms with Gasteiger partial charge in [-0.15, -0.1) is 0 Å². The monoisotopic (exact) mass is 183 g/mol. The molecule has 0 spiro atoms. The van der Waals surface area contributed by atoms with Gasteiger partial charge < -0.3 is 10.5 Å². The van der Waals surface area contributed by atoms with Crippen molar-refractivity contribution in [3.8, 4) is 0 Å². The van der Waals surface area contributed by atoms with Crippen LogP contribution < -0.4 is 5.73 Å². The minimum Gasteiger partial charge on any atom is -0.464 e. The first-order valence-electron chi connectivity index (χ1n) is 4.03. The van der Waals surface area contributed by atoms with Crippen LogP contribution in [0.2, 0.25) is 0 Å². The Morgan fingerprint density at radius 1 is 1.69 bits per heavy atom. The molecule has 0 fully saturated rings. The topological polar surface area (TPSA) is 70.1 Å². The van der Waals surface area contributed by atoms with Crippen molar-refractivity contribution in [3.05, 3.63) is 11.3 Å². The fraction of sp³-hybridized carbons (Fsp3) is 0.500. The number of esters is 1. The van der Waals surface area contributed by atoms with Crippen LogP contribution in [0.3, 0.4) is 0 Å². The number of anilines is 1. The first-order valence-corrected chi connectivity index (χ1v) is 4.03. The summed E-state index contributed by atoms with van der Waals surface area (Å²) in [6.07, 6.45) is 0. The maximum Gasteiger partial charge on any atom is 0.358 e. The number of nitrogens with two attached hydrogens (primary N) is 1.